The first-order valence-electron chi connectivity index (χ1n) is 8.27. The van der Waals surface area contributed by atoms with E-state index < -0.39 is 5.92 Å². The van der Waals surface area contributed by atoms with Gasteiger partial charge in [-0.15, -0.1) is 0 Å². The van der Waals surface area contributed by atoms with E-state index >= 15 is 0 Å². The number of rotatable bonds is 6. The van der Waals surface area contributed by atoms with Gasteiger partial charge in [0.15, 0.2) is 5.78 Å². The van der Waals surface area contributed by atoms with Crippen LogP contribution in [0.3, 0.4) is 0 Å². The first-order chi connectivity index (χ1) is 12.1. The van der Waals surface area contributed by atoms with Gasteiger partial charge in [-0.2, -0.15) is 0 Å². The predicted molar refractivity (Wildman–Crippen MR) is 95.2 cm³/mol. The van der Waals surface area contributed by atoms with Crippen LogP contribution in [0.15, 0.2) is 66.7 Å². The summed E-state index contributed by atoms with van der Waals surface area (Å²) < 4.78 is 0. The SMILES string of the molecule is O=C(/C=C/c1ccccc1)C[C@H]1CC(=O)N(Cc2ccccc2)C1=O. The third-order valence-electron chi connectivity index (χ3n) is 4.23. The fourth-order valence-electron chi connectivity index (χ4n) is 2.91. The number of carbonyl (C=O) groups is 3. The second kappa shape index (κ2) is 7.71. The van der Waals surface area contributed by atoms with Gasteiger partial charge >= 0.3 is 0 Å². The molecule has 2 amide bonds. The van der Waals surface area contributed by atoms with Gasteiger partial charge in [-0.05, 0) is 17.2 Å². The molecule has 4 heteroatoms. The van der Waals surface area contributed by atoms with Crippen molar-refractivity contribution >= 4 is 23.7 Å². The topological polar surface area (TPSA) is 54.5 Å². The van der Waals surface area contributed by atoms with Gasteiger partial charge in [0.25, 0.3) is 0 Å². The third-order valence-corrected chi connectivity index (χ3v) is 4.23. The van der Waals surface area contributed by atoms with Crippen LogP contribution in [-0.2, 0) is 20.9 Å². The van der Waals surface area contributed by atoms with Gasteiger partial charge in [-0.3, -0.25) is 19.3 Å². The first-order valence-corrected chi connectivity index (χ1v) is 8.27. The number of hydrogen-bond donors (Lipinski definition) is 0. The summed E-state index contributed by atoms with van der Waals surface area (Å²) in [6.07, 6.45) is 3.38. The first kappa shape index (κ1) is 16.8. The molecular weight excluding hydrogens is 314 g/mol. The molecule has 0 bridgehead atoms. The maximum atomic E-state index is 12.5. The summed E-state index contributed by atoms with van der Waals surface area (Å²) in [6.45, 7) is 0.267. The Morgan fingerprint density at radius 2 is 1.64 bits per heavy atom. The Hall–Kier alpha value is -3.01. The zero-order valence-corrected chi connectivity index (χ0v) is 13.8. The Kier molecular flexibility index (Phi) is 5.19. The van der Waals surface area contributed by atoms with Gasteiger partial charge in [-0.1, -0.05) is 66.7 Å². The highest BCUT2D eigenvalue weighted by atomic mass is 16.2. The quantitative estimate of drug-likeness (QED) is 0.602. The number of ketones is 1. The van der Waals surface area contributed by atoms with Gasteiger partial charge in [0.2, 0.25) is 11.8 Å². The molecule has 0 unspecified atom stereocenters. The minimum absolute atomic E-state index is 0.0686. The lowest BCUT2D eigenvalue weighted by Gasteiger charge is -2.14. The van der Waals surface area contributed by atoms with E-state index in [1.165, 1.54) is 11.0 Å². The number of hydrogen-bond acceptors (Lipinski definition) is 3. The molecule has 0 aromatic heterocycles. The number of amides is 2. The molecule has 25 heavy (non-hydrogen) atoms. The second-order valence-corrected chi connectivity index (χ2v) is 6.12. The van der Waals surface area contributed by atoms with Crippen LogP contribution in [0.25, 0.3) is 6.08 Å². The Labute approximate surface area is 146 Å². The van der Waals surface area contributed by atoms with E-state index in [2.05, 4.69) is 0 Å². The van der Waals surface area contributed by atoms with E-state index in [0.29, 0.717) is 0 Å². The van der Waals surface area contributed by atoms with Crippen LogP contribution in [0, 0.1) is 5.92 Å². The van der Waals surface area contributed by atoms with Crippen molar-refractivity contribution in [1.29, 1.82) is 0 Å². The van der Waals surface area contributed by atoms with Crippen molar-refractivity contribution in [2.45, 2.75) is 19.4 Å². The van der Waals surface area contributed by atoms with Crippen molar-refractivity contribution in [2.24, 2.45) is 5.92 Å². The Morgan fingerprint density at radius 3 is 2.32 bits per heavy atom. The molecule has 2 aromatic carbocycles. The van der Waals surface area contributed by atoms with Gasteiger partial charge in [0, 0.05) is 12.8 Å². The number of carbonyl (C=O) groups excluding carboxylic acids is 3. The molecule has 1 atom stereocenters. The van der Waals surface area contributed by atoms with E-state index in [0.717, 1.165) is 11.1 Å². The monoisotopic (exact) mass is 333 g/mol. The minimum atomic E-state index is -0.552. The minimum Gasteiger partial charge on any atom is -0.295 e. The molecule has 3 rings (SSSR count). The molecule has 2 aromatic rings. The van der Waals surface area contributed by atoms with Crippen molar-refractivity contribution in [3.63, 3.8) is 0 Å². The summed E-state index contributed by atoms with van der Waals surface area (Å²) in [5.74, 6) is -1.16. The van der Waals surface area contributed by atoms with Crippen molar-refractivity contribution in [3.8, 4) is 0 Å². The number of nitrogens with zero attached hydrogens (tertiary/aromatic N) is 1. The lowest BCUT2D eigenvalue weighted by atomic mass is 10.0. The maximum absolute atomic E-state index is 12.5. The van der Waals surface area contributed by atoms with Gasteiger partial charge in [-0.25, -0.2) is 0 Å². The van der Waals surface area contributed by atoms with Crippen molar-refractivity contribution in [1.82, 2.24) is 4.90 Å². The molecule has 0 saturated carbocycles. The molecule has 0 spiro atoms. The highest BCUT2D eigenvalue weighted by molar-refractivity contribution is 6.06. The largest absolute Gasteiger partial charge is 0.295 e. The lowest BCUT2D eigenvalue weighted by molar-refractivity contribution is -0.140. The van der Waals surface area contributed by atoms with E-state index in [1.807, 2.05) is 60.7 Å². The Balaban J connectivity index is 1.60. The molecule has 1 aliphatic rings. The van der Waals surface area contributed by atoms with Crippen LogP contribution in [-0.4, -0.2) is 22.5 Å². The average molecular weight is 333 g/mol. The molecule has 1 heterocycles. The van der Waals surface area contributed by atoms with E-state index in [9.17, 15) is 14.4 Å². The van der Waals surface area contributed by atoms with Crippen LogP contribution in [0.2, 0.25) is 0 Å². The molecule has 0 aliphatic carbocycles. The van der Waals surface area contributed by atoms with Crippen molar-refractivity contribution < 1.29 is 14.4 Å². The Morgan fingerprint density at radius 1 is 1.00 bits per heavy atom. The number of allylic oxidation sites excluding steroid dienone is 1. The van der Waals surface area contributed by atoms with E-state index in [4.69, 9.17) is 0 Å². The maximum Gasteiger partial charge on any atom is 0.233 e. The second-order valence-electron chi connectivity index (χ2n) is 6.12. The van der Waals surface area contributed by atoms with Gasteiger partial charge in [0.1, 0.15) is 0 Å². The average Bonchev–Trinajstić information content (AvgIpc) is 2.89. The summed E-state index contributed by atoms with van der Waals surface area (Å²) in [6, 6.07) is 18.9. The smallest absolute Gasteiger partial charge is 0.233 e. The number of benzene rings is 2. The molecule has 4 nitrogen and oxygen atoms in total. The van der Waals surface area contributed by atoms with Crippen LogP contribution in [0.4, 0.5) is 0 Å². The fraction of sp³-hybridized carbons (Fsp3) is 0.190. The molecule has 1 aliphatic heterocycles. The van der Waals surface area contributed by atoms with Crippen molar-refractivity contribution in [3.05, 3.63) is 77.9 Å². The zero-order chi connectivity index (χ0) is 17.6. The molecule has 1 fully saturated rings. The van der Waals surface area contributed by atoms with Crippen LogP contribution in [0.1, 0.15) is 24.0 Å². The summed E-state index contributed by atoms with van der Waals surface area (Å²) in [4.78, 5) is 38.0. The molecule has 126 valence electrons. The summed E-state index contributed by atoms with van der Waals surface area (Å²) in [5, 5.41) is 0. The van der Waals surface area contributed by atoms with Crippen LogP contribution in [0.5, 0.6) is 0 Å². The zero-order valence-electron chi connectivity index (χ0n) is 13.8. The molecular formula is C21H19NO3. The lowest BCUT2D eigenvalue weighted by Crippen LogP contribution is -2.30. The Bertz CT molecular complexity index is 796. The third kappa shape index (κ3) is 4.29. The molecule has 1 saturated heterocycles. The summed E-state index contributed by atoms with van der Waals surface area (Å²) in [5.41, 5.74) is 1.83. The predicted octanol–water partition coefficient (Wildman–Crippen LogP) is 3.23. The molecule has 0 N–H and O–H groups in total. The highest BCUT2D eigenvalue weighted by Crippen LogP contribution is 2.25. The standard InChI is InChI=1S/C21H19NO3/c23-19(12-11-16-7-3-1-4-8-16)13-18-14-20(24)22(21(18)25)15-17-9-5-2-6-10-17/h1-12,18H,13-15H2/b12-11+/t18-/m0/s1. The van der Waals surface area contributed by atoms with Crippen LogP contribution >= 0.6 is 0 Å². The summed E-state index contributed by atoms with van der Waals surface area (Å²) in [7, 11) is 0. The van der Waals surface area contributed by atoms with Gasteiger partial charge in [0.05, 0.1) is 12.5 Å². The van der Waals surface area contributed by atoms with Crippen molar-refractivity contribution in [2.75, 3.05) is 0 Å². The van der Waals surface area contributed by atoms with Crippen LogP contribution < -0.4 is 0 Å². The number of likely N-dealkylation sites (tertiary alicyclic amines) is 1. The van der Waals surface area contributed by atoms with Gasteiger partial charge < -0.3 is 0 Å². The van der Waals surface area contributed by atoms with E-state index in [1.54, 1.807) is 6.08 Å². The fourth-order valence-corrected chi connectivity index (χ4v) is 2.91. The summed E-state index contributed by atoms with van der Waals surface area (Å²) >= 11 is 0. The number of imide groups is 1. The normalized spacial score (nSPS) is 17.4. The highest BCUT2D eigenvalue weighted by Gasteiger charge is 2.38. The van der Waals surface area contributed by atoms with E-state index in [-0.39, 0.29) is 37.0 Å². The molecule has 0 radical (unpaired) electrons.